The predicted octanol–water partition coefficient (Wildman–Crippen LogP) is 3.22. The molecule has 0 aromatic carbocycles. The van der Waals surface area contributed by atoms with Crippen molar-refractivity contribution in [1.29, 1.82) is 0 Å². The van der Waals surface area contributed by atoms with Crippen molar-refractivity contribution in [2.75, 3.05) is 47.1 Å². The molecule has 2 aliphatic heterocycles. The molecule has 0 saturated carbocycles. The third-order valence-corrected chi connectivity index (χ3v) is 6.16. The molecule has 2 saturated heterocycles. The van der Waals surface area contributed by atoms with E-state index in [1.807, 2.05) is 12.4 Å². The van der Waals surface area contributed by atoms with E-state index < -0.39 is 0 Å². The van der Waals surface area contributed by atoms with Crippen molar-refractivity contribution < 1.29 is 14.2 Å². The number of piperidine rings is 1. The van der Waals surface area contributed by atoms with Crippen LogP contribution in [-0.2, 0) is 15.9 Å². The van der Waals surface area contributed by atoms with Gasteiger partial charge in [0.1, 0.15) is 11.9 Å². The summed E-state index contributed by atoms with van der Waals surface area (Å²) in [6, 6.07) is 0. The summed E-state index contributed by atoms with van der Waals surface area (Å²) in [6.45, 7) is 6.55. The molecule has 2 aromatic heterocycles. The zero-order valence-electron chi connectivity index (χ0n) is 18.5. The summed E-state index contributed by atoms with van der Waals surface area (Å²) >= 11 is 0. The van der Waals surface area contributed by atoms with E-state index in [9.17, 15) is 0 Å². The molecule has 0 radical (unpaired) electrons. The van der Waals surface area contributed by atoms with Gasteiger partial charge in [-0.15, -0.1) is 0 Å². The predicted molar refractivity (Wildman–Crippen MR) is 116 cm³/mol. The number of hydrogen-bond donors (Lipinski definition) is 0. The van der Waals surface area contributed by atoms with Gasteiger partial charge in [0.05, 0.1) is 24.1 Å². The van der Waals surface area contributed by atoms with Gasteiger partial charge in [-0.25, -0.2) is 15.0 Å². The zero-order chi connectivity index (χ0) is 20.9. The second-order valence-electron chi connectivity index (χ2n) is 8.86. The van der Waals surface area contributed by atoms with Crippen LogP contribution in [0.4, 0.5) is 0 Å². The number of aromatic nitrogens is 3. The van der Waals surface area contributed by atoms with Crippen molar-refractivity contribution in [2.45, 2.75) is 51.0 Å². The molecule has 0 bridgehead atoms. The van der Waals surface area contributed by atoms with Crippen LogP contribution in [0.1, 0.15) is 49.9 Å². The van der Waals surface area contributed by atoms with Gasteiger partial charge in [-0.2, -0.15) is 0 Å². The SMILES string of the molecule is COC[C@H](C)Cc1ncc2c(OC3CCOCC3)ncc([C@@H]3CCCN(C)C3)c2n1. The Balaban J connectivity index is 1.68. The summed E-state index contributed by atoms with van der Waals surface area (Å²) in [4.78, 5) is 16.8. The second kappa shape index (κ2) is 9.98. The quantitative estimate of drug-likeness (QED) is 0.689. The fraction of sp³-hybridized carbons (Fsp3) is 0.696. The molecule has 4 rings (SSSR count). The van der Waals surface area contributed by atoms with Crippen LogP contribution in [0, 0.1) is 5.92 Å². The molecule has 7 heteroatoms. The van der Waals surface area contributed by atoms with Crippen LogP contribution in [0.5, 0.6) is 5.88 Å². The van der Waals surface area contributed by atoms with Crippen LogP contribution in [-0.4, -0.2) is 73.0 Å². The largest absolute Gasteiger partial charge is 0.474 e. The number of fused-ring (bicyclic) bond motifs is 1. The minimum Gasteiger partial charge on any atom is -0.474 e. The highest BCUT2D eigenvalue weighted by atomic mass is 16.5. The van der Waals surface area contributed by atoms with Crippen molar-refractivity contribution in [1.82, 2.24) is 19.9 Å². The van der Waals surface area contributed by atoms with E-state index in [1.54, 1.807) is 7.11 Å². The van der Waals surface area contributed by atoms with E-state index in [0.717, 1.165) is 62.3 Å². The first-order chi connectivity index (χ1) is 14.6. The summed E-state index contributed by atoms with van der Waals surface area (Å²) in [5.41, 5.74) is 2.22. The van der Waals surface area contributed by atoms with Gasteiger partial charge in [-0.05, 0) is 32.4 Å². The number of likely N-dealkylation sites (tertiary alicyclic amines) is 1. The van der Waals surface area contributed by atoms with E-state index in [-0.39, 0.29) is 6.10 Å². The molecule has 2 aliphatic rings. The molecular formula is C23H34N4O3. The van der Waals surface area contributed by atoms with Crippen LogP contribution in [0.2, 0.25) is 0 Å². The maximum Gasteiger partial charge on any atom is 0.224 e. The molecule has 0 aliphatic carbocycles. The molecule has 2 aromatic rings. The smallest absolute Gasteiger partial charge is 0.224 e. The van der Waals surface area contributed by atoms with Gasteiger partial charge in [0.25, 0.3) is 0 Å². The molecule has 30 heavy (non-hydrogen) atoms. The first kappa shape index (κ1) is 21.4. The molecule has 2 atom stereocenters. The van der Waals surface area contributed by atoms with Gasteiger partial charge in [0.15, 0.2) is 0 Å². The third-order valence-electron chi connectivity index (χ3n) is 6.16. The molecular weight excluding hydrogens is 380 g/mol. The lowest BCUT2D eigenvalue weighted by Crippen LogP contribution is -2.31. The average Bonchev–Trinajstić information content (AvgIpc) is 2.75. The number of hydrogen-bond acceptors (Lipinski definition) is 7. The summed E-state index contributed by atoms with van der Waals surface area (Å²) in [5, 5.41) is 0.926. The third kappa shape index (κ3) is 5.07. The maximum atomic E-state index is 6.29. The Morgan fingerprint density at radius 3 is 2.80 bits per heavy atom. The fourth-order valence-electron chi connectivity index (χ4n) is 4.57. The number of ether oxygens (including phenoxy) is 3. The van der Waals surface area contributed by atoms with Crippen LogP contribution >= 0.6 is 0 Å². The Labute approximate surface area is 179 Å². The van der Waals surface area contributed by atoms with E-state index in [1.165, 1.54) is 18.4 Å². The summed E-state index contributed by atoms with van der Waals surface area (Å²) in [5.74, 6) is 2.33. The maximum absolute atomic E-state index is 6.29. The molecule has 7 nitrogen and oxygen atoms in total. The molecule has 0 spiro atoms. The fourth-order valence-corrected chi connectivity index (χ4v) is 4.57. The highest BCUT2D eigenvalue weighted by Crippen LogP contribution is 2.34. The standard InChI is InChI=1S/C23H34N4O3/c1-16(15-28-3)11-21-24-13-20-22(26-21)19(17-5-4-8-27(2)14-17)12-25-23(20)30-18-6-9-29-10-7-18/h12-13,16-18H,4-11,14-15H2,1-3H3/t16-,17-/m1/s1. The van der Waals surface area contributed by atoms with Crippen LogP contribution < -0.4 is 4.74 Å². The van der Waals surface area contributed by atoms with Gasteiger partial charge < -0.3 is 19.1 Å². The van der Waals surface area contributed by atoms with Crippen LogP contribution in [0.25, 0.3) is 10.9 Å². The lowest BCUT2D eigenvalue weighted by atomic mass is 9.90. The topological polar surface area (TPSA) is 69.6 Å². The van der Waals surface area contributed by atoms with Crippen molar-refractivity contribution >= 4 is 10.9 Å². The molecule has 164 valence electrons. The Hall–Kier alpha value is -1.83. The normalized spacial score (nSPS) is 22.3. The number of rotatable bonds is 7. The molecule has 4 heterocycles. The monoisotopic (exact) mass is 414 g/mol. The van der Waals surface area contributed by atoms with Crippen LogP contribution in [0.3, 0.4) is 0 Å². The highest BCUT2D eigenvalue weighted by molar-refractivity contribution is 5.85. The number of likely N-dealkylation sites (N-methyl/N-ethyl adjacent to an activating group) is 1. The Bertz CT molecular complexity index is 841. The average molecular weight is 415 g/mol. The van der Waals surface area contributed by atoms with Gasteiger partial charge in [0, 0.05) is 63.4 Å². The minimum atomic E-state index is 0.141. The zero-order valence-corrected chi connectivity index (χ0v) is 18.5. The van der Waals surface area contributed by atoms with Gasteiger partial charge in [-0.1, -0.05) is 6.92 Å². The minimum absolute atomic E-state index is 0.141. The lowest BCUT2D eigenvalue weighted by Gasteiger charge is -2.30. The van der Waals surface area contributed by atoms with Gasteiger partial charge >= 0.3 is 0 Å². The summed E-state index contributed by atoms with van der Waals surface area (Å²) < 4.78 is 17.1. The van der Waals surface area contributed by atoms with Crippen molar-refractivity contribution in [3.63, 3.8) is 0 Å². The molecule has 0 N–H and O–H groups in total. The van der Waals surface area contributed by atoms with Crippen LogP contribution in [0.15, 0.2) is 12.4 Å². The van der Waals surface area contributed by atoms with Gasteiger partial charge in [0.2, 0.25) is 5.88 Å². The van der Waals surface area contributed by atoms with E-state index in [0.29, 0.717) is 24.3 Å². The van der Waals surface area contributed by atoms with Crippen molar-refractivity contribution in [3.8, 4) is 5.88 Å². The van der Waals surface area contributed by atoms with E-state index in [2.05, 4.69) is 23.9 Å². The molecule has 0 unspecified atom stereocenters. The summed E-state index contributed by atoms with van der Waals surface area (Å²) in [6.07, 6.45) is 9.00. The Morgan fingerprint density at radius 2 is 2.03 bits per heavy atom. The second-order valence-corrected chi connectivity index (χ2v) is 8.86. The number of pyridine rings is 1. The van der Waals surface area contributed by atoms with Gasteiger partial charge in [-0.3, -0.25) is 0 Å². The Kier molecular flexibility index (Phi) is 7.12. The number of methoxy groups -OCH3 is 1. The van der Waals surface area contributed by atoms with E-state index in [4.69, 9.17) is 24.2 Å². The highest BCUT2D eigenvalue weighted by Gasteiger charge is 2.25. The van der Waals surface area contributed by atoms with E-state index >= 15 is 0 Å². The number of nitrogens with zero attached hydrogens (tertiary/aromatic N) is 4. The van der Waals surface area contributed by atoms with Crippen molar-refractivity contribution in [2.24, 2.45) is 5.92 Å². The Morgan fingerprint density at radius 1 is 1.20 bits per heavy atom. The van der Waals surface area contributed by atoms with Crippen molar-refractivity contribution in [3.05, 3.63) is 23.8 Å². The molecule has 2 fully saturated rings. The lowest BCUT2D eigenvalue weighted by molar-refractivity contribution is 0.0244. The first-order valence-electron chi connectivity index (χ1n) is 11.2. The first-order valence-corrected chi connectivity index (χ1v) is 11.2. The summed E-state index contributed by atoms with van der Waals surface area (Å²) in [7, 11) is 3.93. The molecule has 0 amide bonds.